The summed E-state index contributed by atoms with van der Waals surface area (Å²) in [5, 5.41) is 10.4. The summed E-state index contributed by atoms with van der Waals surface area (Å²) < 4.78 is 29.3. The van der Waals surface area contributed by atoms with Crippen LogP contribution in [0.3, 0.4) is 0 Å². The van der Waals surface area contributed by atoms with Crippen LogP contribution in [0.15, 0.2) is 59.1 Å². The molecular formula is C22H15Cl2F2N3O. The van der Waals surface area contributed by atoms with Crippen LogP contribution in [0.25, 0.3) is 0 Å². The molecule has 0 bridgehead atoms. The normalized spacial score (nSPS) is 19.1. The van der Waals surface area contributed by atoms with Crippen molar-refractivity contribution in [1.29, 1.82) is 5.26 Å². The van der Waals surface area contributed by atoms with E-state index in [1.54, 1.807) is 18.2 Å². The average Bonchev–Trinajstić information content (AvgIpc) is 2.71. The van der Waals surface area contributed by atoms with Gasteiger partial charge >= 0.3 is 0 Å². The molecule has 0 amide bonds. The number of nitrogens with zero attached hydrogens (tertiary/aromatic N) is 2. The Morgan fingerprint density at radius 1 is 1.10 bits per heavy atom. The number of nitrogens with two attached hydrogens (primary N) is 1. The minimum absolute atomic E-state index is 0.0178. The smallest absolute Gasteiger partial charge is 0.161 e. The molecule has 0 radical (unpaired) electrons. The highest BCUT2D eigenvalue weighted by Gasteiger charge is 2.42. The molecule has 0 saturated heterocycles. The number of allylic oxidation sites excluding steroid dienone is 3. The number of hydrogen-bond donors (Lipinski definition) is 1. The van der Waals surface area contributed by atoms with Gasteiger partial charge in [0.05, 0.1) is 27.6 Å². The lowest BCUT2D eigenvalue weighted by Gasteiger charge is -2.40. The van der Waals surface area contributed by atoms with Crippen molar-refractivity contribution in [3.63, 3.8) is 0 Å². The third kappa shape index (κ3) is 3.06. The third-order valence-corrected chi connectivity index (χ3v) is 6.20. The van der Waals surface area contributed by atoms with Gasteiger partial charge < -0.3 is 5.73 Å². The number of carbonyl (C=O) groups excluding carboxylic acids is 1. The Morgan fingerprint density at radius 2 is 1.77 bits per heavy atom. The number of Topliss-reactive ketones (excluding diaryl/α,β-unsaturated/α-hetero) is 1. The van der Waals surface area contributed by atoms with Crippen LogP contribution in [0, 0.1) is 23.0 Å². The second-order valence-electron chi connectivity index (χ2n) is 7.03. The Bertz CT molecular complexity index is 1160. The number of carbonyl (C=O) groups is 1. The van der Waals surface area contributed by atoms with Crippen molar-refractivity contribution in [2.24, 2.45) is 5.73 Å². The number of para-hydroxylation sites is 1. The van der Waals surface area contributed by atoms with E-state index in [2.05, 4.69) is 0 Å². The SMILES string of the molecule is N#CC1=C(N)N(c2c(F)cccc2F)C2=C(C(=O)CCC2)C1c1cccc(Cl)c1Cl. The Kier molecular flexibility index (Phi) is 5.27. The van der Waals surface area contributed by atoms with E-state index >= 15 is 0 Å². The number of rotatable bonds is 2. The Balaban J connectivity index is 2.05. The molecule has 30 heavy (non-hydrogen) atoms. The molecule has 1 unspecified atom stereocenters. The first kappa shape index (κ1) is 20.4. The topological polar surface area (TPSA) is 70.1 Å². The van der Waals surface area contributed by atoms with Crippen molar-refractivity contribution in [2.75, 3.05) is 4.90 Å². The molecule has 4 rings (SSSR count). The second kappa shape index (κ2) is 7.75. The van der Waals surface area contributed by atoms with Gasteiger partial charge in [-0.05, 0) is 36.6 Å². The molecule has 0 aromatic heterocycles. The minimum Gasteiger partial charge on any atom is -0.384 e. The van der Waals surface area contributed by atoms with E-state index in [1.165, 1.54) is 6.07 Å². The number of anilines is 1. The van der Waals surface area contributed by atoms with E-state index in [4.69, 9.17) is 28.9 Å². The summed E-state index contributed by atoms with van der Waals surface area (Å²) in [6.45, 7) is 0. The average molecular weight is 446 g/mol. The van der Waals surface area contributed by atoms with Gasteiger partial charge in [0.25, 0.3) is 0 Å². The van der Waals surface area contributed by atoms with Crippen LogP contribution in [0.4, 0.5) is 14.5 Å². The lowest BCUT2D eigenvalue weighted by Crippen LogP contribution is -2.39. The highest BCUT2D eigenvalue weighted by atomic mass is 35.5. The molecule has 0 spiro atoms. The molecule has 8 heteroatoms. The lowest BCUT2D eigenvalue weighted by molar-refractivity contribution is -0.116. The van der Waals surface area contributed by atoms with E-state index in [1.807, 2.05) is 6.07 Å². The van der Waals surface area contributed by atoms with Gasteiger partial charge in [-0.3, -0.25) is 9.69 Å². The number of ketones is 1. The highest BCUT2D eigenvalue weighted by Crippen LogP contribution is 2.49. The van der Waals surface area contributed by atoms with Gasteiger partial charge in [-0.15, -0.1) is 0 Å². The fourth-order valence-corrected chi connectivity index (χ4v) is 4.52. The molecule has 2 aromatic carbocycles. The van der Waals surface area contributed by atoms with Gasteiger partial charge in [0.15, 0.2) is 5.78 Å². The van der Waals surface area contributed by atoms with Crippen LogP contribution in [0.5, 0.6) is 0 Å². The Morgan fingerprint density at radius 3 is 2.43 bits per heavy atom. The highest BCUT2D eigenvalue weighted by molar-refractivity contribution is 6.42. The first-order valence-electron chi connectivity index (χ1n) is 9.20. The molecule has 4 nitrogen and oxygen atoms in total. The zero-order valence-electron chi connectivity index (χ0n) is 15.6. The van der Waals surface area contributed by atoms with E-state index in [0.29, 0.717) is 24.1 Å². The summed E-state index contributed by atoms with van der Waals surface area (Å²) in [6, 6.07) is 10.4. The molecular weight excluding hydrogens is 431 g/mol. The fourth-order valence-electron chi connectivity index (χ4n) is 4.10. The first-order valence-corrected chi connectivity index (χ1v) is 9.96. The zero-order chi connectivity index (χ0) is 21.6. The van der Waals surface area contributed by atoms with Crippen LogP contribution in [0.2, 0.25) is 10.0 Å². The number of nitriles is 1. The van der Waals surface area contributed by atoms with Crippen molar-refractivity contribution in [2.45, 2.75) is 25.2 Å². The van der Waals surface area contributed by atoms with E-state index in [9.17, 15) is 18.8 Å². The van der Waals surface area contributed by atoms with Crippen molar-refractivity contribution in [3.05, 3.63) is 86.3 Å². The Hall–Kier alpha value is -2.88. The maximum atomic E-state index is 14.6. The van der Waals surface area contributed by atoms with E-state index < -0.39 is 23.2 Å². The van der Waals surface area contributed by atoms with Crippen LogP contribution in [-0.4, -0.2) is 5.78 Å². The summed E-state index contributed by atoms with van der Waals surface area (Å²) in [6.07, 6.45) is 1.11. The number of hydrogen-bond acceptors (Lipinski definition) is 4. The fraction of sp³-hybridized carbons (Fsp3) is 0.182. The third-order valence-electron chi connectivity index (χ3n) is 5.37. The quantitative estimate of drug-likeness (QED) is 0.654. The lowest BCUT2D eigenvalue weighted by atomic mass is 9.75. The summed E-state index contributed by atoms with van der Waals surface area (Å²) >= 11 is 12.6. The van der Waals surface area contributed by atoms with Crippen molar-refractivity contribution >= 4 is 34.7 Å². The summed E-state index contributed by atoms with van der Waals surface area (Å²) in [5.41, 5.74) is 6.94. The zero-order valence-corrected chi connectivity index (χ0v) is 17.1. The van der Waals surface area contributed by atoms with Gasteiger partial charge in [0.1, 0.15) is 23.1 Å². The maximum absolute atomic E-state index is 14.6. The Labute approximate surface area is 181 Å². The second-order valence-corrected chi connectivity index (χ2v) is 7.81. The summed E-state index contributed by atoms with van der Waals surface area (Å²) in [4.78, 5) is 14.2. The van der Waals surface area contributed by atoms with Crippen LogP contribution in [-0.2, 0) is 4.79 Å². The van der Waals surface area contributed by atoms with Gasteiger partial charge in [-0.1, -0.05) is 41.4 Å². The first-order chi connectivity index (χ1) is 14.4. The monoisotopic (exact) mass is 445 g/mol. The molecule has 1 aliphatic carbocycles. The van der Waals surface area contributed by atoms with Crippen LogP contribution >= 0.6 is 23.2 Å². The number of benzene rings is 2. The molecule has 2 aliphatic rings. The standard InChI is InChI=1S/C22H15Cl2F2N3O/c23-13-5-1-4-11(20(13)24)18-12(10-27)22(28)29(16-8-3-9-17(30)19(16)18)21-14(25)6-2-7-15(21)26/h1-2,4-7,18H,3,8-9,28H2. The molecule has 0 saturated carbocycles. The molecule has 1 atom stereocenters. The molecule has 1 heterocycles. The largest absolute Gasteiger partial charge is 0.384 e. The van der Waals surface area contributed by atoms with Crippen LogP contribution < -0.4 is 10.6 Å². The molecule has 2 N–H and O–H groups in total. The molecule has 0 fully saturated rings. The molecule has 2 aromatic rings. The van der Waals surface area contributed by atoms with Gasteiger partial charge in [-0.2, -0.15) is 5.26 Å². The maximum Gasteiger partial charge on any atom is 0.161 e. The van der Waals surface area contributed by atoms with Gasteiger partial charge in [-0.25, -0.2) is 8.78 Å². The van der Waals surface area contributed by atoms with Crippen molar-refractivity contribution in [3.8, 4) is 6.07 Å². The predicted octanol–water partition coefficient (Wildman–Crippen LogP) is 5.58. The van der Waals surface area contributed by atoms with Crippen molar-refractivity contribution < 1.29 is 13.6 Å². The number of halogens is 4. The summed E-state index contributed by atoms with van der Waals surface area (Å²) in [7, 11) is 0. The minimum atomic E-state index is -0.866. The van der Waals surface area contributed by atoms with Gasteiger partial charge in [0.2, 0.25) is 0 Å². The summed E-state index contributed by atoms with van der Waals surface area (Å²) in [5.74, 6) is -2.93. The molecule has 152 valence electrons. The predicted molar refractivity (Wildman–Crippen MR) is 111 cm³/mol. The van der Waals surface area contributed by atoms with Crippen LogP contribution in [0.1, 0.15) is 30.7 Å². The van der Waals surface area contributed by atoms with Crippen molar-refractivity contribution in [1.82, 2.24) is 0 Å². The van der Waals surface area contributed by atoms with E-state index in [-0.39, 0.29) is 39.2 Å². The van der Waals surface area contributed by atoms with Gasteiger partial charge in [0, 0.05) is 17.7 Å². The van der Waals surface area contributed by atoms with E-state index in [0.717, 1.165) is 17.0 Å². The molecule has 1 aliphatic heterocycles.